The Balaban J connectivity index is 2.40. The van der Waals surface area contributed by atoms with Crippen LogP contribution >= 0.6 is 27.3 Å². The first-order chi connectivity index (χ1) is 7.20. The lowest BCUT2D eigenvalue weighted by molar-refractivity contribution is 1.36. The van der Waals surface area contributed by atoms with E-state index in [0.29, 0.717) is 0 Å². The minimum absolute atomic E-state index is 0.946. The third kappa shape index (κ3) is 2.21. The van der Waals surface area contributed by atoms with Gasteiger partial charge < -0.3 is 5.32 Å². The van der Waals surface area contributed by atoms with Crippen LogP contribution in [0.15, 0.2) is 28.9 Å². The van der Waals surface area contributed by atoms with Gasteiger partial charge in [-0.25, -0.2) is 4.98 Å². The molecule has 0 aliphatic heterocycles. The molecule has 1 aromatic heterocycles. The Morgan fingerprint density at radius 2 is 2.20 bits per heavy atom. The fraction of sp³-hybridized carbons (Fsp3) is 0.182. The number of nitrogens with one attached hydrogen (secondary N) is 1. The van der Waals surface area contributed by atoms with E-state index in [9.17, 15) is 0 Å². The predicted molar refractivity (Wildman–Crippen MR) is 69.5 cm³/mol. The first-order valence-corrected chi connectivity index (χ1v) is 6.22. The van der Waals surface area contributed by atoms with Crippen molar-refractivity contribution in [2.24, 2.45) is 0 Å². The van der Waals surface area contributed by atoms with Gasteiger partial charge in [-0.1, -0.05) is 39.4 Å². The van der Waals surface area contributed by atoms with E-state index in [1.807, 2.05) is 13.2 Å². The molecule has 0 unspecified atom stereocenters. The second-order valence-corrected chi connectivity index (χ2v) is 5.13. The highest BCUT2D eigenvalue weighted by Crippen LogP contribution is 2.31. The van der Waals surface area contributed by atoms with E-state index in [2.05, 4.69) is 51.4 Å². The van der Waals surface area contributed by atoms with Gasteiger partial charge in [0.05, 0.1) is 4.88 Å². The molecule has 0 fully saturated rings. The smallest absolute Gasteiger partial charge is 0.182 e. The Morgan fingerprint density at radius 1 is 1.40 bits per heavy atom. The van der Waals surface area contributed by atoms with Crippen molar-refractivity contribution in [2.45, 2.75) is 6.92 Å². The molecule has 2 aromatic rings. The molecule has 15 heavy (non-hydrogen) atoms. The number of nitrogens with zero attached hydrogens (tertiary/aromatic N) is 1. The molecule has 0 amide bonds. The highest BCUT2D eigenvalue weighted by atomic mass is 79.9. The summed E-state index contributed by atoms with van der Waals surface area (Å²) in [5, 5.41) is 3.98. The predicted octanol–water partition coefficient (Wildman–Crippen LogP) is 3.92. The van der Waals surface area contributed by atoms with Crippen molar-refractivity contribution in [3.8, 4) is 10.4 Å². The molecule has 0 bridgehead atoms. The number of aromatic nitrogens is 1. The summed E-state index contributed by atoms with van der Waals surface area (Å²) in [6.45, 7) is 2.08. The lowest BCUT2D eigenvalue weighted by Crippen LogP contribution is -1.83. The van der Waals surface area contributed by atoms with Gasteiger partial charge in [0.1, 0.15) is 0 Å². The Labute approximate surface area is 101 Å². The van der Waals surface area contributed by atoms with E-state index in [1.165, 1.54) is 16.0 Å². The molecule has 1 heterocycles. The van der Waals surface area contributed by atoms with E-state index < -0.39 is 0 Å². The minimum atomic E-state index is 0.946. The van der Waals surface area contributed by atoms with Crippen LogP contribution in [0.4, 0.5) is 5.13 Å². The molecule has 0 saturated heterocycles. The number of thiazole rings is 1. The summed E-state index contributed by atoms with van der Waals surface area (Å²) < 4.78 is 1.14. The van der Waals surface area contributed by atoms with E-state index in [-0.39, 0.29) is 0 Å². The first kappa shape index (κ1) is 10.6. The van der Waals surface area contributed by atoms with Gasteiger partial charge in [-0.2, -0.15) is 0 Å². The third-order valence-corrected chi connectivity index (χ3v) is 4.09. The summed E-state index contributed by atoms with van der Waals surface area (Å²) in [7, 11) is 1.88. The van der Waals surface area contributed by atoms with Crippen molar-refractivity contribution in [2.75, 3.05) is 12.4 Å². The molecule has 0 saturated carbocycles. The largest absolute Gasteiger partial charge is 0.365 e. The first-order valence-electron chi connectivity index (χ1n) is 4.61. The molecule has 0 aliphatic carbocycles. The summed E-state index contributed by atoms with van der Waals surface area (Å²) in [6.07, 6.45) is 1.90. The lowest BCUT2D eigenvalue weighted by Gasteiger charge is -2.00. The highest BCUT2D eigenvalue weighted by molar-refractivity contribution is 9.10. The summed E-state index contributed by atoms with van der Waals surface area (Å²) in [5.74, 6) is 0. The SMILES string of the molecule is CNc1ncc(-c2ccc(C)c(Br)c2)s1. The molecular weight excluding hydrogens is 272 g/mol. The average Bonchev–Trinajstić information content (AvgIpc) is 2.70. The second-order valence-electron chi connectivity index (χ2n) is 3.24. The molecule has 78 valence electrons. The van der Waals surface area contributed by atoms with Crippen molar-refractivity contribution in [1.82, 2.24) is 4.98 Å². The number of anilines is 1. The van der Waals surface area contributed by atoms with Crippen LogP contribution in [0.2, 0.25) is 0 Å². The number of aryl methyl sites for hydroxylation is 1. The van der Waals surface area contributed by atoms with Gasteiger partial charge in [-0.15, -0.1) is 0 Å². The maximum atomic E-state index is 4.26. The normalized spacial score (nSPS) is 10.3. The van der Waals surface area contributed by atoms with Gasteiger partial charge in [-0.05, 0) is 24.1 Å². The van der Waals surface area contributed by atoms with Crippen molar-refractivity contribution in [3.63, 3.8) is 0 Å². The lowest BCUT2D eigenvalue weighted by atomic mass is 10.1. The van der Waals surface area contributed by atoms with Gasteiger partial charge >= 0.3 is 0 Å². The fourth-order valence-corrected chi connectivity index (χ4v) is 2.41. The van der Waals surface area contributed by atoms with Crippen LogP contribution in [0.5, 0.6) is 0 Å². The number of halogens is 1. The van der Waals surface area contributed by atoms with Gasteiger partial charge in [0.2, 0.25) is 0 Å². The molecule has 1 N–H and O–H groups in total. The maximum Gasteiger partial charge on any atom is 0.182 e. The Hall–Kier alpha value is -0.870. The van der Waals surface area contributed by atoms with Crippen molar-refractivity contribution in [3.05, 3.63) is 34.4 Å². The van der Waals surface area contributed by atoms with Crippen molar-refractivity contribution >= 4 is 32.4 Å². The Bertz CT molecular complexity index is 479. The van der Waals surface area contributed by atoms with Gasteiger partial charge in [0, 0.05) is 17.7 Å². The summed E-state index contributed by atoms with van der Waals surface area (Å²) in [6, 6.07) is 6.35. The van der Waals surface area contributed by atoms with E-state index in [0.717, 1.165) is 9.60 Å². The molecule has 0 spiro atoms. The summed E-state index contributed by atoms with van der Waals surface area (Å²) in [5.41, 5.74) is 2.45. The number of benzene rings is 1. The maximum absolute atomic E-state index is 4.26. The number of hydrogen-bond acceptors (Lipinski definition) is 3. The van der Waals surface area contributed by atoms with Crippen LogP contribution in [0.3, 0.4) is 0 Å². The van der Waals surface area contributed by atoms with Gasteiger partial charge in [0.25, 0.3) is 0 Å². The molecule has 0 atom stereocenters. The fourth-order valence-electron chi connectivity index (χ4n) is 1.27. The van der Waals surface area contributed by atoms with E-state index >= 15 is 0 Å². The van der Waals surface area contributed by atoms with Crippen LogP contribution < -0.4 is 5.32 Å². The third-order valence-electron chi connectivity index (χ3n) is 2.18. The second kappa shape index (κ2) is 4.33. The molecule has 0 aliphatic rings. The van der Waals surface area contributed by atoms with Crippen LogP contribution in [-0.4, -0.2) is 12.0 Å². The zero-order chi connectivity index (χ0) is 10.8. The van der Waals surface area contributed by atoms with Crippen LogP contribution in [0, 0.1) is 6.92 Å². The number of rotatable bonds is 2. The molecule has 2 rings (SSSR count). The molecule has 0 radical (unpaired) electrons. The molecule has 2 nitrogen and oxygen atoms in total. The van der Waals surface area contributed by atoms with Crippen molar-refractivity contribution < 1.29 is 0 Å². The monoisotopic (exact) mass is 282 g/mol. The molecular formula is C11H11BrN2S. The van der Waals surface area contributed by atoms with E-state index in [4.69, 9.17) is 0 Å². The van der Waals surface area contributed by atoms with Crippen LogP contribution in [0.25, 0.3) is 10.4 Å². The van der Waals surface area contributed by atoms with Crippen molar-refractivity contribution in [1.29, 1.82) is 0 Å². The zero-order valence-corrected chi connectivity index (χ0v) is 10.9. The summed E-state index contributed by atoms with van der Waals surface area (Å²) >= 11 is 5.19. The Morgan fingerprint density at radius 3 is 2.80 bits per heavy atom. The minimum Gasteiger partial charge on any atom is -0.365 e. The molecule has 1 aromatic carbocycles. The number of hydrogen-bond donors (Lipinski definition) is 1. The van der Waals surface area contributed by atoms with Gasteiger partial charge in [0.15, 0.2) is 5.13 Å². The zero-order valence-electron chi connectivity index (χ0n) is 8.54. The summed E-state index contributed by atoms with van der Waals surface area (Å²) in [4.78, 5) is 5.44. The topological polar surface area (TPSA) is 24.9 Å². The van der Waals surface area contributed by atoms with E-state index in [1.54, 1.807) is 11.3 Å². The van der Waals surface area contributed by atoms with Crippen LogP contribution in [0.1, 0.15) is 5.56 Å². The Kier molecular flexibility index (Phi) is 3.07. The average molecular weight is 283 g/mol. The quantitative estimate of drug-likeness (QED) is 0.903. The van der Waals surface area contributed by atoms with Crippen LogP contribution in [-0.2, 0) is 0 Å². The van der Waals surface area contributed by atoms with Gasteiger partial charge in [-0.3, -0.25) is 0 Å². The standard InChI is InChI=1S/C11H11BrN2S/c1-7-3-4-8(5-9(7)12)10-6-14-11(13-2)15-10/h3-6H,1-2H3,(H,13,14). The molecule has 4 heteroatoms. The highest BCUT2D eigenvalue weighted by Gasteiger charge is 2.04.